The molecule has 66 valence electrons. The summed E-state index contributed by atoms with van der Waals surface area (Å²) >= 11 is 3.22. The van der Waals surface area contributed by atoms with Gasteiger partial charge >= 0.3 is 6.08 Å². The van der Waals surface area contributed by atoms with E-state index in [-0.39, 0.29) is 11.7 Å². The van der Waals surface area contributed by atoms with Crippen LogP contribution < -0.4 is 4.99 Å². The van der Waals surface area contributed by atoms with Gasteiger partial charge in [0.2, 0.25) is 0 Å². The zero-order valence-corrected chi connectivity index (χ0v) is 8.73. The predicted octanol–water partition coefficient (Wildman–Crippen LogP) is 0.191. The number of aliphatic hydroxyl groups is 1. The van der Waals surface area contributed by atoms with E-state index in [0.29, 0.717) is 6.54 Å². The summed E-state index contributed by atoms with van der Waals surface area (Å²) in [6.07, 6.45) is -0.114. The molecule has 0 aliphatic heterocycles. The Morgan fingerprint density at radius 2 is 2.09 bits per heavy atom. The van der Waals surface area contributed by atoms with Crippen LogP contribution in [0.3, 0.4) is 0 Å². The number of hydrogen-bond acceptors (Lipinski definition) is 1. The second-order valence-corrected chi connectivity index (χ2v) is 3.93. The molecular weight excluding hydrogens is 210 g/mol. The van der Waals surface area contributed by atoms with E-state index in [4.69, 9.17) is 9.84 Å². The van der Waals surface area contributed by atoms with Crippen LogP contribution in [-0.2, 0) is 4.74 Å². The highest BCUT2D eigenvalue weighted by atomic mass is 79.9. The molecule has 0 rings (SSSR count). The van der Waals surface area contributed by atoms with Crippen molar-refractivity contribution in [3.63, 3.8) is 0 Å². The maximum absolute atomic E-state index is 9.08. The quantitative estimate of drug-likeness (QED) is 0.400. The number of rotatable bonds is 2. The third-order valence-electron chi connectivity index (χ3n) is 0.774. The van der Waals surface area contributed by atoms with Crippen LogP contribution in [0.25, 0.3) is 0 Å². The van der Waals surface area contributed by atoms with Crippen LogP contribution in [0.2, 0.25) is 0 Å². The van der Waals surface area contributed by atoms with Crippen molar-refractivity contribution in [2.45, 2.75) is 26.4 Å². The van der Waals surface area contributed by atoms with E-state index in [9.17, 15) is 0 Å². The second kappa shape index (κ2) is 4.59. The molecule has 0 saturated carbocycles. The molecule has 2 N–H and O–H groups in total. The first kappa shape index (κ1) is 10.8. The highest BCUT2D eigenvalue weighted by Gasteiger charge is 2.16. The molecule has 0 heterocycles. The molecule has 11 heavy (non-hydrogen) atoms. The van der Waals surface area contributed by atoms with E-state index < -0.39 is 0 Å². The minimum Gasteiger partial charge on any atom is -0.430 e. The van der Waals surface area contributed by atoms with Crippen LogP contribution in [0, 0.1) is 0 Å². The lowest BCUT2D eigenvalue weighted by molar-refractivity contribution is -0.475. The minimum atomic E-state index is -0.344. The standard InChI is InChI=1S/C7H14BrNO2/c1-7(2,3)11-6(10)9-5-4-8/h4-5H2,1-3H3,(H,9,10)/p+1. The van der Waals surface area contributed by atoms with Gasteiger partial charge < -0.3 is 9.84 Å². The smallest absolute Gasteiger partial charge is 0.430 e. The lowest BCUT2D eigenvalue weighted by Crippen LogP contribution is -2.74. The van der Waals surface area contributed by atoms with Crippen LogP contribution >= 0.6 is 15.9 Å². The molecule has 0 atom stereocenters. The Bertz CT molecular complexity index is 140. The maximum Gasteiger partial charge on any atom is 0.545 e. The van der Waals surface area contributed by atoms with Crippen molar-refractivity contribution in [3.8, 4) is 0 Å². The molecule has 3 nitrogen and oxygen atoms in total. The topological polar surface area (TPSA) is 43.4 Å². The number of alkyl halides is 1. The lowest BCUT2D eigenvalue weighted by atomic mass is 10.2. The average molecular weight is 225 g/mol. The maximum atomic E-state index is 9.08. The Morgan fingerprint density at radius 3 is 2.45 bits per heavy atom. The van der Waals surface area contributed by atoms with Crippen molar-refractivity contribution in [1.29, 1.82) is 0 Å². The molecule has 0 aromatic carbocycles. The Balaban J connectivity index is 3.76. The number of ether oxygens (including phenoxy) is 1. The third kappa shape index (κ3) is 7.65. The minimum absolute atomic E-state index is 0.114. The molecular formula is C7H15BrNO2+. The molecule has 0 aromatic heterocycles. The summed E-state index contributed by atoms with van der Waals surface area (Å²) in [7, 11) is 0. The molecule has 0 spiro atoms. The zero-order chi connectivity index (χ0) is 8.91. The van der Waals surface area contributed by atoms with Crippen molar-refractivity contribution < 1.29 is 14.8 Å². The Labute approximate surface area is 75.6 Å². The monoisotopic (exact) mass is 224 g/mol. The number of hydrogen-bond donors (Lipinski definition) is 2. The van der Waals surface area contributed by atoms with Gasteiger partial charge in [0.1, 0.15) is 5.60 Å². The van der Waals surface area contributed by atoms with E-state index in [2.05, 4.69) is 20.9 Å². The van der Waals surface area contributed by atoms with Crippen molar-refractivity contribution in [2.24, 2.45) is 0 Å². The molecule has 0 unspecified atom stereocenters. The molecule has 0 aromatic rings. The Hall–Kier alpha value is -0.250. The molecule has 0 radical (unpaired) electrons. The summed E-state index contributed by atoms with van der Waals surface area (Å²) in [6.45, 7) is 6.28. The van der Waals surface area contributed by atoms with Crippen molar-refractivity contribution in [2.75, 3.05) is 11.9 Å². The first-order chi connectivity index (χ1) is 4.95. The van der Waals surface area contributed by atoms with Crippen molar-refractivity contribution >= 4 is 22.0 Å². The van der Waals surface area contributed by atoms with E-state index in [1.165, 1.54) is 0 Å². The largest absolute Gasteiger partial charge is 0.545 e. The SMILES string of the molecule is CC(C)(C)OC(O)=[NH+]CCBr. The van der Waals surface area contributed by atoms with Gasteiger partial charge in [-0.2, -0.15) is 4.99 Å². The number of nitrogens with one attached hydrogen (secondary N) is 1. The van der Waals surface area contributed by atoms with Crippen molar-refractivity contribution in [3.05, 3.63) is 0 Å². The van der Waals surface area contributed by atoms with Crippen molar-refractivity contribution in [1.82, 2.24) is 0 Å². The van der Waals surface area contributed by atoms with E-state index in [1.54, 1.807) is 0 Å². The van der Waals surface area contributed by atoms with Crippen LogP contribution in [0.15, 0.2) is 0 Å². The van der Waals surface area contributed by atoms with Gasteiger partial charge in [0.25, 0.3) is 0 Å². The number of aliphatic hydroxyl groups excluding tert-OH is 1. The van der Waals surface area contributed by atoms with Gasteiger partial charge in [0, 0.05) is 0 Å². The van der Waals surface area contributed by atoms with Gasteiger partial charge in [0.15, 0.2) is 6.54 Å². The molecule has 0 bridgehead atoms. The molecule has 0 aliphatic rings. The van der Waals surface area contributed by atoms with Gasteiger partial charge in [0.05, 0.1) is 5.33 Å². The van der Waals surface area contributed by atoms with E-state index >= 15 is 0 Å². The fraction of sp³-hybridized carbons (Fsp3) is 0.857. The van der Waals surface area contributed by atoms with Gasteiger partial charge in [-0.25, -0.2) is 0 Å². The summed E-state index contributed by atoms with van der Waals surface area (Å²) in [6, 6.07) is 0. The Kier molecular flexibility index (Phi) is 4.49. The van der Waals surface area contributed by atoms with Crippen LogP contribution in [-0.4, -0.2) is 28.7 Å². The Morgan fingerprint density at radius 1 is 1.55 bits per heavy atom. The summed E-state index contributed by atoms with van der Waals surface area (Å²) in [5.74, 6) is 0. The molecule has 4 heteroatoms. The first-order valence-electron chi connectivity index (χ1n) is 3.50. The van der Waals surface area contributed by atoms with Gasteiger partial charge in [-0.15, -0.1) is 0 Å². The second-order valence-electron chi connectivity index (χ2n) is 3.14. The summed E-state index contributed by atoms with van der Waals surface area (Å²) in [4.78, 5) is 2.69. The lowest BCUT2D eigenvalue weighted by Gasteiger charge is -2.15. The molecule has 0 fully saturated rings. The fourth-order valence-corrected chi connectivity index (χ4v) is 0.679. The van der Waals surface area contributed by atoms with Gasteiger partial charge in [-0.1, -0.05) is 15.9 Å². The molecule has 0 aliphatic carbocycles. The zero-order valence-electron chi connectivity index (χ0n) is 7.15. The third-order valence-corrected chi connectivity index (χ3v) is 1.17. The fourth-order valence-electron chi connectivity index (χ4n) is 0.480. The molecule has 0 saturated heterocycles. The predicted molar refractivity (Wildman–Crippen MR) is 48.1 cm³/mol. The normalized spacial score (nSPS) is 13.3. The van der Waals surface area contributed by atoms with E-state index in [1.807, 2.05) is 20.8 Å². The summed E-state index contributed by atoms with van der Waals surface area (Å²) in [5, 5.41) is 9.86. The first-order valence-corrected chi connectivity index (χ1v) is 4.62. The summed E-state index contributed by atoms with van der Waals surface area (Å²) < 4.78 is 5.08. The number of halogens is 1. The van der Waals surface area contributed by atoms with Gasteiger partial charge in [-0.3, -0.25) is 0 Å². The van der Waals surface area contributed by atoms with Gasteiger partial charge in [-0.05, 0) is 20.8 Å². The summed E-state index contributed by atoms with van der Waals surface area (Å²) in [5.41, 5.74) is -0.344. The average Bonchev–Trinajstić information content (AvgIpc) is 1.79. The molecule has 0 amide bonds. The van der Waals surface area contributed by atoms with E-state index in [0.717, 1.165) is 5.33 Å². The van der Waals surface area contributed by atoms with Crippen LogP contribution in [0.5, 0.6) is 0 Å². The van der Waals surface area contributed by atoms with Crippen LogP contribution in [0.1, 0.15) is 20.8 Å². The highest BCUT2D eigenvalue weighted by molar-refractivity contribution is 9.09. The highest BCUT2D eigenvalue weighted by Crippen LogP contribution is 2.04. The van der Waals surface area contributed by atoms with Crippen LogP contribution in [0.4, 0.5) is 0 Å².